The standard InChI is InChI=1S/C13H15N3.2C13H14N3.2C10H10O.C8H7ClO.C8H9.C7H7.11C2H6.CH2N2.HI.2Y/c3*1-4-12-11(3-2-6-15-12)13(5-1)16-9-7-14-8-10-16;11-10-6-9(7-10)8-4-2-1-3-5-8;11-10-7-6-9(10)8-4-2-1-3-5-8;9-8(10)6-7-4-2-1-3-5-7;1-7-4-3-5-8(2)6-7;1-7-5-3-2-4-6-7;11*1-2;1-3-2;;;/h1-6,14H,7-10H2;2*1-6H,7-10H2;2*1-5,9H,6-7H2;1-5H,6H2;3-6H,1H2,2H3;2-6H,1H2;11*1-2H3;1H2;1H;;/q;2*-1;;;;2*-1;;;;;;;;;;;;;;;. The van der Waals surface area contributed by atoms with Crippen LogP contribution in [0.5, 0.6) is 0 Å². The van der Waals surface area contributed by atoms with E-state index in [2.05, 4.69) is 175 Å². The van der Waals surface area contributed by atoms with Crippen molar-refractivity contribution in [1.82, 2.24) is 20.3 Å². The van der Waals surface area contributed by atoms with Crippen molar-refractivity contribution in [2.75, 3.05) is 93.2 Å². The van der Waals surface area contributed by atoms with Crippen molar-refractivity contribution in [3.05, 3.63) is 319 Å². The number of nitrogens with one attached hydrogen (secondary N) is 1. The average Bonchev–Trinajstić information content (AvgIpc) is 0.817. The second kappa shape index (κ2) is 90.9. The van der Waals surface area contributed by atoms with E-state index in [4.69, 9.17) is 17.1 Å². The van der Waals surface area contributed by atoms with Gasteiger partial charge in [-0.25, -0.2) is 0 Å². The Balaban J connectivity index is -0.000000242. The second-order valence-electron chi connectivity index (χ2n) is 23.8. The van der Waals surface area contributed by atoms with Crippen molar-refractivity contribution >= 4 is 109 Å². The molecule has 3 aromatic heterocycles. The molecule has 0 spiro atoms. The molecule has 2 aliphatic carbocycles. The molecule has 2 saturated carbocycles. The molecule has 0 bridgehead atoms. The fourth-order valence-electron chi connectivity index (χ4n) is 11.5. The van der Waals surface area contributed by atoms with Crippen LogP contribution in [0.25, 0.3) is 48.9 Å². The summed E-state index contributed by atoms with van der Waals surface area (Å²) in [7, 11) is 0. The van der Waals surface area contributed by atoms with E-state index < -0.39 is 0 Å². The Morgan fingerprint density at radius 1 is 0.447 bits per heavy atom. The maximum absolute atomic E-state index is 11.0. The number of hydrogen-bond donors (Lipinski definition) is 1. The molecule has 5 fully saturated rings. The predicted molar refractivity (Wildman–Crippen MR) is 546 cm³/mol. The summed E-state index contributed by atoms with van der Waals surface area (Å²) < 4.78 is 0. The molecular formula is C105H155ClIN11O3Y2-4. The Hall–Kier alpha value is -7.37. The minimum atomic E-state index is -0.314. The van der Waals surface area contributed by atoms with E-state index >= 15 is 0 Å². The summed E-state index contributed by atoms with van der Waals surface area (Å²) in [6.45, 7) is 68.4. The molecule has 123 heavy (non-hydrogen) atoms. The minimum Gasteiger partial charge on any atom is -0.659 e. The van der Waals surface area contributed by atoms with Crippen LogP contribution in [0.3, 0.4) is 0 Å². The zero-order valence-corrected chi connectivity index (χ0v) is 88.4. The fraction of sp³-hybridized carbons (Fsp3) is 0.400. The molecule has 1 unspecified atom stereocenters. The fourth-order valence-corrected chi connectivity index (χ4v) is 11.7. The van der Waals surface area contributed by atoms with Gasteiger partial charge < -0.3 is 36.2 Å². The first kappa shape index (κ1) is 129. The number of pyridine rings is 3. The molecule has 3 aliphatic heterocycles. The maximum atomic E-state index is 11.0. The van der Waals surface area contributed by atoms with E-state index in [1.165, 1.54) is 49.9 Å². The zero-order valence-electron chi connectivity index (χ0n) is 79.7. The summed E-state index contributed by atoms with van der Waals surface area (Å²) in [6.07, 6.45) is 9.19. The summed E-state index contributed by atoms with van der Waals surface area (Å²) in [6, 6.07) is 79.1. The Bertz CT molecular complexity index is 3960. The van der Waals surface area contributed by atoms with Crippen molar-refractivity contribution < 1.29 is 84.6 Å². The molecule has 0 amide bonds. The van der Waals surface area contributed by atoms with Gasteiger partial charge in [-0.3, -0.25) is 29.3 Å². The minimum absolute atomic E-state index is 0. The Kier molecular flexibility index (Phi) is 95.1. The van der Waals surface area contributed by atoms with Crippen molar-refractivity contribution in [1.29, 1.82) is 0 Å². The first-order chi connectivity index (χ1) is 59.0. The van der Waals surface area contributed by atoms with Crippen LogP contribution in [0, 0.1) is 20.8 Å². The summed E-state index contributed by atoms with van der Waals surface area (Å²) in [5.74, 6) is 1.54. The van der Waals surface area contributed by atoms with E-state index in [9.17, 15) is 14.4 Å². The molecular weight excluding hydrogens is 1800 g/mol. The van der Waals surface area contributed by atoms with Crippen LogP contribution in [0.4, 0.5) is 17.1 Å². The van der Waals surface area contributed by atoms with Gasteiger partial charge in [-0.2, -0.15) is 54.0 Å². The number of piperazine rings is 3. The molecule has 5 aliphatic rings. The molecule has 3 saturated heterocycles. The average molecular weight is 1960 g/mol. The van der Waals surface area contributed by atoms with Crippen LogP contribution in [-0.2, 0) is 86.2 Å². The molecule has 6 heterocycles. The number of ketones is 2. The van der Waals surface area contributed by atoms with Crippen LogP contribution in [0.2, 0.25) is 0 Å². The molecule has 1 N–H and O–H groups in total. The van der Waals surface area contributed by atoms with E-state index in [0.717, 1.165) is 137 Å². The van der Waals surface area contributed by atoms with Gasteiger partial charge in [0.1, 0.15) is 11.6 Å². The summed E-state index contributed by atoms with van der Waals surface area (Å²) >= 11 is 5.17. The first-order valence-corrected chi connectivity index (χ1v) is 44.8. The molecule has 16 rings (SSSR count). The number of carbonyl (C=O) groups excluding carboxylic acids is 3. The smallest absolute Gasteiger partial charge is 0.245 e. The number of halogens is 2. The third kappa shape index (κ3) is 55.0. The maximum Gasteiger partial charge on any atom is 0.245 e. The molecule has 2 radical (unpaired) electrons. The van der Waals surface area contributed by atoms with Gasteiger partial charge in [0.2, 0.25) is 12.0 Å². The van der Waals surface area contributed by atoms with Crippen molar-refractivity contribution in [2.45, 2.75) is 203 Å². The number of carbonyl (C=O) groups is 3. The molecule has 1 atom stereocenters. The largest absolute Gasteiger partial charge is 0.659 e. The quantitative estimate of drug-likeness (QED) is 0.0403. The van der Waals surface area contributed by atoms with Gasteiger partial charge in [0.05, 0.1) is 16.6 Å². The molecule has 11 aromatic rings. The Morgan fingerprint density at radius 2 is 0.764 bits per heavy atom. The third-order valence-electron chi connectivity index (χ3n) is 16.7. The summed E-state index contributed by atoms with van der Waals surface area (Å²) in [5.41, 5.74) is 21.1. The SMILES string of the molecule is C=[N+]=[N-].CC.CC.CC.CC.CC.CC.CC.CC.CC.CC.CC.I.O=C(Cl)Cc1ccccc1.O=C1CC(c2ccccc2)C1.O=C1CCC1c1ccccc1.[CH2-]c1cccc(C)c1.[CH2-]c1ccccc1.[Y].[Y].c1cc(N2CCNCC2)c2cccnc2c1.c1cc(N2CC[N-]CC2)c2cccnc2c1.c1cc(N2CC[N-]CC2)c2cccnc2c1. The third-order valence-corrected chi connectivity index (χ3v) is 16.9. The van der Waals surface area contributed by atoms with Crippen LogP contribution < -0.4 is 20.0 Å². The van der Waals surface area contributed by atoms with Crippen LogP contribution in [0.1, 0.15) is 223 Å². The normalized spacial score (nSPS) is 12.6. The molecule has 18 heteroatoms. The van der Waals surface area contributed by atoms with Gasteiger partial charge in [0, 0.05) is 175 Å². The summed E-state index contributed by atoms with van der Waals surface area (Å²) in [4.78, 5) is 54.7. The van der Waals surface area contributed by atoms with E-state index in [1.807, 2.05) is 310 Å². The van der Waals surface area contributed by atoms with E-state index in [0.29, 0.717) is 23.9 Å². The Labute approximate surface area is 820 Å². The number of Topliss-reactive ketones (excluding diaryl/α,β-unsaturated/α-hetero) is 2. The molecule has 14 nitrogen and oxygen atoms in total. The van der Waals surface area contributed by atoms with Gasteiger partial charge in [-0.15, -0.1) is 73.9 Å². The van der Waals surface area contributed by atoms with E-state index in [1.54, 1.807) is 0 Å². The van der Waals surface area contributed by atoms with Crippen molar-refractivity contribution in [3.8, 4) is 0 Å². The number of nitrogens with zero attached hydrogens (tertiary/aromatic N) is 10. The Morgan fingerprint density at radius 3 is 1.05 bits per heavy atom. The number of hydrogen-bond acceptors (Lipinski definition) is 10. The monoisotopic (exact) mass is 1960 g/mol. The predicted octanol–water partition coefficient (Wildman–Crippen LogP) is 28.6. The number of rotatable bonds is 7. The van der Waals surface area contributed by atoms with Gasteiger partial charge in [-0.05, 0) is 140 Å². The number of aromatic nitrogens is 3. The van der Waals surface area contributed by atoms with Gasteiger partial charge in [0.25, 0.3) is 0 Å². The van der Waals surface area contributed by atoms with Crippen LogP contribution in [0.15, 0.2) is 255 Å². The zero-order chi connectivity index (χ0) is 90.9. The van der Waals surface area contributed by atoms with Gasteiger partial charge in [-0.1, -0.05) is 281 Å². The first-order valence-electron chi connectivity index (χ1n) is 44.4. The number of aryl methyl sites for hydroxylation is 1. The molecule has 672 valence electrons. The second-order valence-corrected chi connectivity index (χ2v) is 24.2. The van der Waals surface area contributed by atoms with E-state index in [-0.39, 0.29) is 101 Å². The van der Waals surface area contributed by atoms with Gasteiger partial charge in [0.15, 0.2) is 0 Å². The van der Waals surface area contributed by atoms with Crippen LogP contribution in [-0.4, -0.2) is 122 Å². The number of benzene rings is 8. The number of anilines is 3. The van der Waals surface area contributed by atoms with Crippen molar-refractivity contribution in [3.63, 3.8) is 0 Å². The van der Waals surface area contributed by atoms with Crippen LogP contribution >= 0.6 is 35.6 Å². The molecule has 8 aromatic carbocycles. The van der Waals surface area contributed by atoms with Crippen molar-refractivity contribution in [2.24, 2.45) is 0 Å². The topological polar surface area (TPSA) is 176 Å². The van der Waals surface area contributed by atoms with Gasteiger partial charge >= 0.3 is 0 Å². The summed E-state index contributed by atoms with van der Waals surface area (Å²) in [5, 5.41) is 15.6. The number of fused-ring (bicyclic) bond motifs is 3.